The van der Waals surface area contributed by atoms with Crippen LogP contribution in [0.4, 0.5) is 5.82 Å². The smallest absolute Gasteiger partial charge is 0.277 e. The summed E-state index contributed by atoms with van der Waals surface area (Å²) >= 11 is 11.8. The zero-order chi connectivity index (χ0) is 17.5. The van der Waals surface area contributed by atoms with Gasteiger partial charge in [0.05, 0.1) is 28.3 Å². The van der Waals surface area contributed by atoms with Gasteiger partial charge in [0.2, 0.25) is 0 Å². The van der Waals surface area contributed by atoms with Crippen LogP contribution in [-0.2, 0) is 9.84 Å². The van der Waals surface area contributed by atoms with Gasteiger partial charge in [0.1, 0.15) is 16.7 Å². The van der Waals surface area contributed by atoms with Crippen LogP contribution in [0.25, 0.3) is 0 Å². The molecule has 0 bridgehead atoms. The number of hydrogen-bond donors (Lipinski definition) is 1. The number of hydrogen-bond acceptors (Lipinski definition) is 5. The van der Waals surface area contributed by atoms with Crippen LogP contribution in [0.2, 0.25) is 10.2 Å². The molecule has 1 aliphatic rings. The second-order valence-electron chi connectivity index (χ2n) is 5.59. The summed E-state index contributed by atoms with van der Waals surface area (Å²) in [5.74, 6) is -0.0133. The second-order valence-corrected chi connectivity index (χ2v) is 8.61. The molecule has 1 aliphatic heterocycles. The van der Waals surface area contributed by atoms with Crippen LogP contribution in [0, 0.1) is 6.92 Å². The van der Waals surface area contributed by atoms with Gasteiger partial charge in [-0.25, -0.2) is 18.1 Å². The lowest BCUT2D eigenvalue weighted by Gasteiger charge is -2.14. The number of carbonyl (C=O) groups excluding carboxylic acids is 1. The number of halogens is 2. The van der Waals surface area contributed by atoms with Gasteiger partial charge in [0.25, 0.3) is 5.91 Å². The van der Waals surface area contributed by atoms with Gasteiger partial charge < -0.3 is 5.32 Å². The van der Waals surface area contributed by atoms with Crippen LogP contribution in [0.15, 0.2) is 18.2 Å². The first kappa shape index (κ1) is 17.2. The molecule has 7 nitrogen and oxygen atoms in total. The molecule has 1 saturated heterocycles. The highest BCUT2D eigenvalue weighted by atomic mass is 35.5. The molecule has 0 spiro atoms. The van der Waals surface area contributed by atoms with Crippen LogP contribution in [0.1, 0.15) is 28.6 Å². The standard InChI is InChI=1S/C14H14Cl2N4O3S/c1-8-6-12(20(19-8)9-4-5-24(22,23)7-9)18-14(21)13-10(15)2-3-11(16)17-13/h2-3,6,9H,4-5,7H2,1H3,(H,18,21). The van der Waals surface area contributed by atoms with E-state index in [1.54, 1.807) is 13.0 Å². The van der Waals surface area contributed by atoms with E-state index in [1.165, 1.54) is 16.8 Å². The van der Waals surface area contributed by atoms with Gasteiger partial charge in [-0.05, 0) is 25.5 Å². The molecule has 2 aromatic heterocycles. The third-order valence-electron chi connectivity index (χ3n) is 3.68. The number of sulfone groups is 1. The number of aryl methyl sites for hydroxylation is 1. The van der Waals surface area contributed by atoms with Crippen molar-refractivity contribution < 1.29 is 13.2 Å². The van der Waals surface area contributed by atoms with Gasteiger partial charge >= 0.3 is 0 Å². The van der Waals surface area contributed by atoms with Crippen LogP contribution in [0.3, 0.4) is 0 Å². The quantitative estimate of drug-likeness (QED) is 0.815. The molecule has 0 saturated carbocycles. The molecule has 0 aliphatic carbocycles. The molecule has 1 fully saturated rings. The van der Waals surface area contributed by atoms with E-state index < -0.39 is 15.7 Å². The molecule has 1 atom stereocenters. The molecule has 128 valence electrons. The number of nitrogens with one attached hydrogen (secondary N) is 1. The molecule has 3 rings (SSSR count). The van der Waals surface area contributed by atoms with Crippen molar-refractivity contribution in [3.05, 3.63) is 39.8 Å². The highest BCUT2D eigenvalue weighted by molar-refractivity contribution is 7.91. The fourth-order valence-electron chi connectivity index (χ4n) is 2.61. The Labute approximate surface area is 148 Å². The SMILES string of the molecule is Cc1cc(NC(=O)c2nc(Cl)ccc2Cl)n(C2CCS(=O)(=O)C2)n1. The lowest BCUT2D eigenvalue weighted by atomic mass is 10.2. The van der Waals surface area contributed by atoms with Crippen LogP contribution < -0.4 is 5.32 Å². The van der Waals surface area contributed by atoms with E-state index in [1.807, 2.05) is 0 Å². The second kappa shape index (κ2) is 6.34. The first-order chi connectivity index (χ1) is 11.2. The predicted molar refractivity (Wildman–Crippen MR) is 91.5 cm³/mol. The van der Waals surface area contributed by atoms with Crippen molar-refractivity contribution in [2.45, 2.75) is 19.4 Å². The Hall–Kier alpha value is -1.64. The number of carbonyl (C=O) groups is 1. The lowest BCUT2D eigenvalue weighted by Crippen LogP contribution is -2.20. The van der Waals surface area contributed by atoms with Crippen molar-refractivity contribution in [1.29, 1.82) is 0 Å². The Morgan fingerprint density at radius 3 is 2.79 bits per heavy atom. The van der Waals surface area contributed by atoms with Gasteiger partial charge in [0, 0.05) is 6.07 Å². The fourth-order valence-corrected chi connectivity index (χ4v) is 4.64. The van der Waals surface area contributed by atoms with Crippen LogP contribution in [-0.4, -0.2) is 40.6 Å². The van der Waals surface area contributed by atoms with E-state index in [0.29, 0.717) is 17.9 Å². The van der Waals surface area contributed by atoms with E-state index in [0.717, 1.165) is 0 Å². The summed E-state index contributed by atoms with van der Waals surface area (Å²) in [6, 6.07) is 4.33. The Morgan fingerprint density at radius 2 is 2.12 bits per heavy atom. The third-order valence-corrected chi connectivity index (χ3v) is 5.95. The van der Waals surface area contributed by atoms with Crippen LogP contribution in [0.5, 0.6) is 0 Å². The van der Waals surface area contributed by atoms with Gasteiger partial charge in [-0.1, -0.05) is 23.2 Å². The molecule has 10 heteroatoms. The fraction of sp³-hybridized carbons (Fsp3) is 0.357. The Balaban J connectivity index is 1.88. The molecule has 3 heterocycles. The molecule has 0 radical (unpaired) electrons. The van der Waals surface area contributed by atoms with Crippen molar-refractivity contribution in [3.8, 4) is 0 Å². The first-order valence-electron chi connectivity index (χ1n) is 7.15. The van der Waals surface area contributed by atoms with Gasteiger partial charge in [0.15, 0.2) is 9.84 Å². The molecule has 1 N–H and O–H groups in total. The van der Waals surface area contributed by atoms with Crippen molar-refractivity contribution in [1.82, 2.24) is 14.8 Å². The lowest BCUT2D eigenvalue weighted by molar-refractivity contribution is 0.102. The number of anilines is 1. The van der Waals surface area contributed by atoms with Gasteiger partial charge in [-0.15, -0.1) is 0 Å². The number of aromatic nitrogens is 3. The third kappa shape index (κ3) is 3.55. The van der Waals surface area contributed by atoms with Gasteiger partial charge in [-0.2, -0.15) is 5.10 Å². The van der Waals surface area contributed by atoms with E-state index in [2.05, 4.69) is 15.4 Å². The molecule has 1 unspecified atom stereocenters. The van der Waals surface area contributed by atoms with Crippen molar-refractivity contribution in [3.63, 3.8) is 0 Å². The van der Waals surface area contributed by atoms with Gasteiger partial charge in [-0.3, -0.25) is 4.79 Å². The van der Waals surface area contributed by atoms with E-state index in [-0.39, 0.29) is 33.4 Å². The summed E-state index contributed by atoms with van der Waals surface area (Å²) in [6.07, 6.45) is 0.461. The Bertz CT molecular complexity index is 911. The normalized spacial score (nSPS) is 19.4. The molecule has 0 aromatic carbocycles. The molecular weight excluding hydrogens is 375 g/mol. The Morgan fingerprint density at radius 1 is 1.38 bits per heavy atom. The Kier molecular flexibility index (Phi) is 4.54. The zero-order valence-electron chi connectivity index (χ0n) is 12.7. The number of rotatable bonds is 3. The van der Waals surface area contributed by atoms with Crippen LogP contribution >= 0.6 is 23.2 Å². The highest BCUT2D eigenvalue weighted by Crippen LogP contribution is 2.27. The highest BCUT2D eigenvalue weighted by Gasteiger charge is 2.31. The number of amides is 1. The maximum absolute atomic E-state index is 12.4. The maximum Gasteiger partial charge on any atom is 0.277 e. The number of nitrogens with zero attached hydrogens (tertiary/aromatic N) is 3. The predicted octanol–water partition coefficient (Wildman–Crippen LogP) is 2.51. The minimum atomic E-state index is -3.07. The summed E-state index contributed by atoms with van der Waals surface area (Å²) in [4.78, 5) is 16.3. The average molecular weight is 389 g/mol. The minimum absolute atomic E-state index is 0.00591. The topological polar surface area (TPSA) is 94.0 Å². The summed E-state index contributed by atoms with van der Waals surface area (Å²) in [5, 5.41) is 7.30. The van der Waals surface area contributed by atoms with Crippen molar-refractivity contribution >= 4 is 44.8 Å². The average Bonchev–Trinajstić information content (AvgIpc) is 3.03. The van der Waals surface area contributed by atoms with Crippen molar-refractivity contribution in [2.24, 2.45) is 0 Å². The largest absolute Gasteiger partial charge is 0.305 e. The monoisotopic (exact) mass is 388 g/mol. The van der Waals surface area contributed by atoms with E-state index >= 15 is 0 Å². The summed E-state index contributed by atoms with van der Waals surface area (Å²) in [7, 11) is -3.07. The first-order valence-corrected chi connectivity index (χ1v) is 9.73. The molecular formula is C14H14Cl2N4O3S. The maximum atomic E-state index is 12.4. The van der Waals surface area contributed by atoms with E-state index in [9.17, 15) is 13.2 Å². The number of pyridine rings is 1. The minimum Gasteiger partial charge on any atom is -0.305 e. The summed E-state index contributed by atoms with van der Waals surface area (Å²) in [5.41, 5.74) is 0.661. The summed E-state index contributed by atoms with van der Waals surface area (Å²) < 4.78 is 24.9. The summed E-state index contributed by atoms with van der Waals surface area (Å²) in [6.45, 7) is 1.76. The molecule has 2 aromatic rings. The molecule has 24 heavy (non-hydrogen) atoms. The molecule has 1 amide bonds. The van der Waals surface area contributed by atoms with Crippen molar-refractivity contribution in [2.75, 3.05) is 16.8 Å². The van der Waals surface area contributed by atoms with E-state index in [4.69, 9.17) is 23.2 Å². The zero-order valence-corrected chi connectivity index (χ0v) is 15.0.